The highest BCUT2D eigenvalue weighted by molar-refractivity contribution is 6.04. The Morgan fingerprint density at radius 3 is 2.60 bits per heavy atom. The summed E-state index contributed by atoms with van der Waals surface area (Å²) in [5.74, 6) is -0.138. The molecule has 1 aliphatic heterocycles. The zero-order valence-corrected chi connectivity index (χ0v) is 16.8. The SMILES string of the molecule is CC1(C)CC(=O)C2=C(C1)Nc1ccc3cnccc3c1C2c1ccc([N+](=O)[O-])cc1. The lowest BCUT2D eigenvalue weighted by molar-refractivity contribution is -0.384. The molecule has 150 valence electrons. The first-order valence-corrected chi connectivity index (χ1v) is 9.98. The van der Waals surface area contributed by atoms with Crippen LogP contribution in [-0.4, -0.2) is 15.7 Å². The molecule has 0 amide bonds. The van der Waals surface area contributed by atoms with Crippen LogP contribution in [0.2, 0.25) is 0 Å². The van der Waals surface area contributed by atoms with Crippen molar-refractivity contribution >= 4 is 27.9 Å². The molecule has 1 aliphatic carbocycles. The van der Waals surface area contributed by atoms with Gasteiger partial charge < -0.3 is 5.32 Å². The van der Waals surface area contributed by atoms with Crippen LogP contribution in [-0.2, 0) is 4.79 Å². The number of hydrogen-bond acceptors (Lipinski definition) is 5. The van der Waals surface area contributed by atoms with Gasteiger partial charge in [-0.05, 0) is 40.5 Å². The minimum Gasteiger partial charge on any atom is -0.358 e. The number of Topliss-reactive ketones (excluding diaryl/α,β-unsaturated/α-hetero) is 1. The number of nitro groups is 1. The molecule has 0 fully saturated rings. The second-order valence-electron chi connectivity index (χ2n) is 8.86. The number of ketones is 1. The van der Waals surface area contributed by atoms with Gasteiger partial charge in [0.05, 0.1) is 4.92 Å². The van der Waals surface area contributed by atoms with Crippen LogP contribution in [0.15, 0.2) is 66.1 Å². The second kappa shape index (κ2) is 6.49. The fraction of sp³-hybridized carbons (Fsp3) is 0.250. The summed E-state index contributed by atoms with van der Waals surface area (Å²) in [5, 5.41) is 16.7. The minimum atomic E-state index is -0.403. The summed E-state index contributed by atoms with van der Waals surface area (Å²) >= 11 is 0. The first-order valence-electron chi connectivity index (χ1n) is 9.98. The third kappa shape index (κ3) is 2.87. The van der Waals surface area contributed by atoms with E-state index in [1.807, 2.05) is 24.4 Å². The summed E-state index contributed by atoms with van der Waals surface area (Å²) in [7, 11) is 0. The van der Waals surface area contributed by atoms with Gasteiger partial charge in [0.2, 0.25) is 0 Å². The Hall–Kier alpha value is -3.54. The molecule has 1 N–H and O–H groups in total. The predicted octanol–water partition coefficient (Wildman–Crippen LogP) is 5.34. The Labute approximate surface area is 173 Å². The van der Waals surface area contributed by atoms with Crippen molar-refractivity contribution in [2.75, 3.05) is 5.32 Å². The van der Waals surface area contributed by atoms with Crippen LogP contribution in [0, 0.1) is 15.5 Å². The van der Waals surface area contributed by atoms with Gasteiger partial charge in [-0.3, -0.25) is 19.9 Å². The van der Waals surface area contributed by atoms with Crippen molar-refractivity contribution in [3.63, 3.8) is 0 Å². The molecule has 2 aromatic carbocycles. The molecule has 0 bridgehead atoms. The van der Waals surface area contributed by atoms with Crippen molar-refractivity contribution in [3.8, 4) is 0 Å². The van der Waals surface area contributed by atoms with Crippen molar-refractivity contribution in [1.82, 2.24) is 4.98 Å². The summed E-state index contributed by atoms with van der Waals surface area (Å²) in [6, 6.07) is 12.6. The molecule has 2 heterocycles. The number of anilines is 1. The number of hydrogen-bond donors (Lipinski definition) is 1. The van der Waals surface area contributed by atoms with Crippen LogP contribution < -0.4 is 5.32 Å². The number of nitrogens with one attached hydrogen (secondary N) is 1. The lowest BCUT2D eigenvalue weighted by atomic mass is 9.68. The van der Waals surface area contributed by atoms with Crippen molar-refractivity contribution in [2.24, 2.45) is 5.41 Å². The number of aromatic nitrogens is 1. The quantitative estimate of drug-likeness (QED) is 0.464. The van der Waals surface area contributed by atoms with Gasteiger partial charge in [0, 0.05) is 59.2 Å². The number of fused-ring (bicyclic) bond motifs is 3. The van der Waals surface area contributed by atoms with Gasteiger partial charge in [-0.2, -0.15) is 0 Å². The summed E-state index contributed by atoms with van der Waals surface area (Å²) in [6.07, 6.45) is 4.84. The number of nitro benzene ring substituents is 1. The maximum Gasteiger partial charge on any atom is 0.269 e. The molecule has 2 aliphatic rings. The van der Waals surface area contributed by atoms with Crippen molar-refractivity contribution < 1.29 is 9.72 Å². The first-order chi connectivity index (χ1) is 14.3. The van der Waals surface area contributed by atoms with Gasteiger partial charge in [0.25, 0.3) is 5.69 Å². The molecule has 1 unspecified atom stereocenters. The van der Waals surface area contributed by atoms with Crippen LogP contribution in [0.4, 0.5) is 11.4 Å². The number of pyridine rings is 1. The fourth-order valence-corrected chi connectivity index (χ4v) is 4.82. The number of benzene rings is 2. The molecule has 0 saturated carbocycles. The predicted molar refractivity (Wildman–Crippen MR) is 115 cm³/mol. The number of carbonyl (C=O) groups is 1. The molecular formula is C24H21N3O3. The Kier molecular flexibility index (Phi) is 4.00. The van der Waals surface area contributed by atoms with E-state index >= 15 is 0 Å². The fourth-order valence-electron chi connectivity index (χ4n) is 4.82. The number of non-ortho nitro benzene ring substituents is 1. The van der Waals surface area contributed by atoms with E-state index < -0.39 is 4.92 Å². The number of allylic oxidation sites excluding steroid dienone is 2. The van der Waals surface area contributed by atoms with E-state index in [0.717, 1.165) is 45.3 Å². The smallest absolute Gasteiger partial charge is 0.269 e. The Balaban J connectivity index is 1.78. The van der Waals surface area contributed by atoms with E-state index in [1.165, 1.54) is 12.1 Å². The lowest BCUT2D eigenvalue weighted by Crippen LogP contribution is -2.33. The molecule has 3 aromatic rings. The Morgan fingerprint density at radius 1 is 1.10 bits per heavy atom. The third-order valence-electron chi connectivity index (χ3n) is 6.08. The van der Waals surface area contributed by atoms with E-state index in [-0.39, 0.29) is 22.8 Å². The van der Waals surface area contributed by atoms with Crippen LogP contribution >= 0.6 is 0 Å². The van der Waals surface area contributed by atoms with Crippen molar-refractivity contribution in [3.05, 3.63) is 87.4 Å². The molecule has 30 heavy (non-hydrogen) atoms. The second-order valence-corrected chi connectivity index (χ2v) is 8.86. The average Bonchev–Trinajstić information content (AvgIpc) is 2.71. The average molecular weight is 399 g/mol. The number of rotatable bonds is 2. The zero-order valence-electron chi connectivity index (χ0n) is 16.8. The number of nitrogens with zero attached hydrogens (tertiary/aromatic N) is 2. The van der Waals surface area contributed by atoms with Gasteiger partial charge in [0.15, 0.2) is 5.78 Å². The molecule has 1 aromatic heterocycles. The van der Waals surface area contributed by atoms with Crippen molar-refractivity contribution in [2.45, 2.75) is 32.6 Å². The van der Waals surface area contributed by atoms with Gasteiger partial charge in [-0.1, -0.05) is 32.0 Å². The minimum absolute atomic E-state index is 0.0420. The van der Waals surface area contributed by atoms with Crippen molar-refractivity contribution in [1.29, 1.82) is 0 Å². The molecule has 0 spiro atoms. The molecule has 1 atom stereocenters. The first kappa shape index (κ1) is 18.5. The maximum absolute atomic E-state index is 13.3. The molecule has 0 radical (unpaired) electrons. The lowest BCUT2D eigenvalue weighted by Gasteiger charge is -2.40. The highest BCUT2D eigenvalue weighted by Crippen LogP contribution is 2.50. The molecule has 5 rings (SSSR count). The van der Waals surface area contributed by atoms with E-state index in [4.69, 9.17) is 0 Å². The third-order valence-corrected chi connectivity index (χ3v) is 6.08. The summed E-state index contributed by atoms with van der Waals surface area (Å²) in [4.78, 5) is 28.3. The standard InChI is InChI=1S/C24H21N3O3/c1-24(2)11-19-23(20(28)12-24)21(14-3-6-16(7-4-14)27(29)30)22-17-9-10-25-13-15(17)5-8-18(22)26-19/h3-10,13,21,26H,11-12H2,1-2H3. The monoisotopic (exact) mass is 399 g/mol. The van der Waals surface area contributed by atoms with Gasteiger partial charge >= 0.3 is 0 Å². The molecule has 6 nitrogen and oxygen atoms in total. The highest BCUT2D eigenvalue weighted by atomic mass is 16.6. The summed E-state index contributed by atoms with van der Waals surface area (Å²) < 4.78 is 0. The maximum atomic E-state index is 13.3. The largest absolute Gasteiger partial charge is 0.358 e. The van der Waals surface area contributed by atoms with Crippen LogP contribution in [0.1, 0.15) is 43.7 Å². The van der Waals surface area contributed by atoms with E-state index in [0.29, 0.717) is 6.42 Å². The Morgan fingerprint density at radius 2 is 1.87 bits per heavy atom. The van der Waals surface area contributed by atoms with E-state index in [2.05, 4.69) is 24.1 Å². The zero-order chi connectivity index (χ0) is 21.0. The molecule has 6 heteroatoms. The van der Waals surface area contributed by atoms with Crippen LogP contribution in [0.25, 0.3) is 10.8 Å². The topological polar surface area (TPSA) is 85.1 Å². The van der Waals surface area contributed by atoms with Gasteiger partial charge in [-0.15, -0.1) is 0 Å². The normalized spacial score (nSPS) is 19.8. The van der Waals surface area contributed by atoms with E-state index in [1.54, 1.807) is 18.3 Å². The van der Waals surface area contributed by atoms with E-state index in [9.17, 15) is 14.9 Å². The molecule has 0 saturated heterocycles. The molecular weight excluding hydrogens is 378 g/mol. The van der Waals surface area contributed by atoms with Crippen LogP contribution in [0.3, 0.4) is 0 Å². The van der Waals surface area contributed by atoms with Gasteiger partial charge in [-0.25, -0.2) is 0 Å². The van der Waals surface area contributed by atoms with Crippen LogP contribution in [0.5, 0.6) is 0 Å². The summed E-state index contributed by atoms with van der Waals surface area (Å²) in [6.45, 7) is 4.22. The summed E-state index contributed by atoms with van der Waals surface area (Å²) in [5.41, 5.74) is 4.55. The number of carbonyl (C=O) groups excluding carboxylic acids is 1. The van der Waals surface area contributed by atoms with Gasteiger partial charge in [0.1, 0.15) is 0 Å². The Bertz CT molecular complexity index is 1240. The highest BCUT2D eigenvalue weighted by Gasteiger charge is 2.41.